The number of thioether (sulfide) groups is 2. The normalized spacial score (nSPS) is 22.9. The molecule has 3 atom stereocenters. The summed E-state index contributed by atoms with van der Waals surface area (Å²) < 4.78 is 4.05. The fourth-order valence-corrected chi connectivity index (χ4v) is 6.68. The zero-order valence-electron chi connectivity index (χ0n) is 19.6. The third kappa shape index (κ3) is 5.44. The van der Waals surface area contributed by atoms with E-state index >= 15 is 0 Å². The summed E-state index contributed by atoms with van der Waals surface area (Å²) in [5.41, 5.74) is 6.24. The third-order valence-electron chi connectivity index (χ3n) is 5.69. The molecule has 1 fully saturated rings. The highest BCUT2D eigenvalue weighted by Gasteiger charge is 2.54. The number of aromatic nitrogens is 3. The lowest BCUT2D eigenvalue weighted by molar-refractivity contribution is -0.150. The zero-order valence-corrected chi connectivity index (χ0v) is 22.0. The number of carboxylic acid groups (broad SMARTS) is 1. The van der Waals surface area contributed by atoms with Crippen molar-refractivity contribution in [3.05, 3.63) is 64.1 Å². The van der Waals surface area contributed by atoms with Gasteiger partial charge in [-0.15, -0.1) is 11.8 Å². The molecule has 2 aliphatic heterocycles. The third-order valence-corrected chi connectivity index (χ3v) is 8.59. The van der Waals surface area contributed by atoms with Crippen LogP contribution in [0, 0.1) is 0 Å². The molecule has 12 nitrogen and oxygen atoms in total. The first-order valence-corrected chi connectivity index (χ1v) is 14.1. The largest absolute Gasteiger partial charge is 0.477 e. The number of carboxylic acids is 1. The second kappa shape index (κ2) is 11.4. The number of aliphatic carboxylic acids is 1. The van der Waals surface area contributed by atoms with Crippen LogP contribution < -0.4 is 11.1 Å². The maximum absolute atomic E-state index is 13.2. The maximum atomic E-state index is 13.2. The minimum absolute atomic E-state index is 0.0166. The quantitative estimate of drug-likeness (QED) is 0.174. The van der Waals surface area contributed by atoms with Crippen molar-refractivity contribution in [1.29, 1.82) is 0 Å². The number of nitrogens with two attached hydrogens (primary N) is 1. The number of nitrogens with one attached hydrogen (secondary N) is 1. The van der Waals surface area contributed by atoms with Gasteiger partial charge in [-0.2, -0.15) is 9.36 Å². The molecule has 4 heterocycles. The molecule has 15 heteroatoms. The molecule has 0 aromatic carbocycles. The van der Waals surface area contributed by atoms with Crippen molar-refractivity contribution in [3.8, 4) is 0 Å². The number of oxime groups is 1. The lowest BCUT2D eigenvalue weighted by Crippen LogP contribution is -2.71. The van der Waals surface area contributed by atoms with Gasteiger partial charge in [0.1, 0.15) is 23.2 Å². The molecule has 3 aliphatic rings. The Labute approximate surface area is 229 Å². The van der Waals surface area contributed by atoms with E-state index in [9.17, 15) is 19.5 Å². The highest BCUT2D eigenvalue weighted by Crippen LogP contribution is 2.43. The van der Waals surface area contributed by atoms with Gasteiger partial charge in [-0.05, 0) is 42.0 Å². The molecule has 5 rings (SSSR count). The second-order valence-corrected chi connectivity index (χ2v) is 11.1. The first-order valence-electron chi connectivity index (χ1n) is 11.4. The van der Waals surface area contributed by atoms with E-state index in [1.54, 1.807) is 23.9 Å². The van der Waals surface area contributed by atoms with Crippen LogP contribution in [-0.4, -0.2) is 71.1 Å². The highest BCUT2D eigenvalue weighted by atomic mass is 32.2. The van der Waals surface area contributed by atoms with E-state index in [4.69, 9.17) is 10.6 Å². The van der Waals surface area contributed by atoms with Gasteiger partial charge < -0.3 is 21.0 Å². The summed E-state index contributed by atoms with van der Waals surface area (Å²) in [4.78, 5) is 53.6. The summed E-state index contributed by atoms with van der Waals surface area (Å²) in [7, 11) is 0. The predicted molar refractivity (Wildman–Crippen MR) is 145 cm³/mol. The van der Waals surface area contributed by atoms with Gasteiger partial charge in [0.15, 0.2) is 5.13 Å². The van der Waals surface area contributed by atoms with Crippen molar-refractivity contribution in [2.45, 2.75) is 30.4 Å². The summed E-state index contributed by atoms with van der Waals surface area (Å²) in [6, 6.07) is 2.72. The number of nitrogens with zero attached hydrogens (tertiary/aromatic N) is 5. The number of β-lactam (4-membered cyclic amide) rings is 1. The molecule has 0 radical (unpaired) electrons. The van der Waals surface area contributed by atoms with Crippen LogP contribution in [-0.2, 0) is 19.2 Å². The van der Waals surface area contributed by atoms with Crippen LogP contribution in [0.25, 0.3) is 6.08 Å². The number of anilines is 1. The average Bonchev–Trinajstić information content (AvgIpc) is 3.59. The first-order chi connectivity index (χ1) is 18.4. The molecule has 1 aliphatic carbocycles. The summed E-state index contributed by atoms with van der Waals surface area (Å²) >= 11 is 3.49. The number of carbonyl (C=O) groups excluding carboxylic acids is 2. The monoisotopic (exact) mass is 571 g/mol. The molecule has 4 N–H and O–H groups in total. The van der Waals surface area contributed by atoms with Gasteiger partial charge >= 0.3 is 5.97 Å². The second-order valence-electron chi connectivity index (χ2n) is 8.19. The Bertz CT molecular complexity index is 1370. The summed E-state index contributed by atoms with van der Waals surface area (Å²) in [5, 5.41) is 17.8. The van der Waals surface area contributed by atoms with Gasteiger partial charge in [-0.3, -0.25) is 19.5 Å². The topological polar surface area (TPSA) is 173 Å². The van der Waals surface area contributed by atoms with Gasteiger partial charge in [0.2, 0.25) is 11.5 Å². The summed E-state index contributed by atoms with van der Waals surface area (Å²) in [6.45, 7) is 0. The van der Waals surface area contributed by atoms with Gasteiger partial charge in [-0.1, -0.05) is 29.1 Å². The molecule has 2 aromatic rings. The van der Waals surface area contributed by atoms with Crippen LogP contribution in [0.15, 0.2) is 57.8 Å². The molecule has 2 amide bonds. The Morgan fingerprint density at radius 3 is 2.95 bits per heavy atom. The fraction of sp³-hybridized carbons (Fsp3) is 0.261. The predicted octanol–water partition coefficient (Wildman–Crippen LogP) is 2.05. The van der Waals surface area contributed by atoms with Gasteiger partial charge in [0.25, 0.3) is 11.8 Å². The molecule has 0 bridgehead atoms. The number of nitrogen functional groups attached to an aromatic ring is 1. The molecular weight excluding hydrogens is 550 g/mol. The molecule has 0 saturated carbocycles. The summed E-state index contributed by atoms with van der Waals surface area (Å²) in [5.74, 6) is -2.13. The van der Waals surface area contributed by atoms with E-state index < -0.39 is 29.2 Å². The Morgan fingerprint density at radius 2 is 2.26 bits per heavy atom. The maximum Gasteiger partial charge on any atom is 0.353 e. The van der Waals surface area contributed by atoms with Crippen molar-refractivity contribution >= 4 is 69.8 Å². The Hall–Kier alpha value is -3.69. The van der Waals surface area contributed by atoms with Gasteiger partial charge in [0.05, 0.1) is 0 Å². The zero-order chi connectivity index (χ0) is 26.6. The molecular formula is C23H21N7O5S3. The van der Waals surface area contributed by atoms with E-state index in [1.807, 2.05) is 24.3 Å². The van der Waals surface area contributed by atoms with E-state index in [0.29, 0.717) is 10.7 Å². The number of hydrogen-bond acceptors (Lipinski definition) is 12. The van der Waals surface area contributed by atoms with Crippen molar-refractivity contribution in [2.24, 2.45) is 5.16 Å². The minimum atomic E-state index is -1.21. The SMILES string of the molecule is Nc1nc(C(=NOC2C=CCC2)C(=O)NC2C(=O)N3C(C(=O)O)=C(S/C=C\c4cccnc4)CS[C@@H]23)ns1. The molecule has 196 valence electrons. The molecule has 2 aromatic heterocycles. The van der Waals surface area contributed by atoms with Crippen LogP contribution in [0.4, 0.5) is 5.13 Å². The van der Waals surface area contributed by atoms with Crippen molar-refractivity contribution in [1.82, 2.24) is 24.6 Å². The molecule has 0 spiro atoms. The molecule has 2 unspecified atom stereocenters. The minimum Gasteiger partial charge on any atom is -0.477 e. The van der Waals surface area contributed by atoms with E-state index in [1.165, 1.54) is 28.4 Å². The number of fused-ring (bicyclic) bond motifs is 1. The highest BCUT2D eigenvalue weighted by molar-refractivity contribution is 8.08. The standard InChI is InChI=1S/C23H21N7O5S3/c24-23-27-18(29-38-23)15(28-35-13-5-1-2-6-13)19(31)26-16-20(32)30-17(22(33)34)14(11-37-21(16)30)36-9-7-12-4-3-8-25-10-12/h1,3-5,7-10,13,16,21H,2,6,11H2,(H,26,31)(H,33,34)(H2,24,27,29)/b9-7-,28-15?/t13?,16?,21-/m0/s1. The van der Waals surface area contributed by atoms with E-state index in [0.717, 1.165) is 29.9 Å². The van der Waals surface area contributed by atoms with E-state index in [2.05, 4.69) is 24.8 Å². The van der Waals surface area contributed by atoms with Crippen LogP contribution >= 0.6 is 35.1 Å². The smallest absolute Gasteiger partial charge is 0.353 e. The number of hydrogen-bond donors (Lipinski definition) is 3. The van der Waals surface area contributed by atoms with Gasteiger partial charge in [0, 0.05) is 34.6 Å². The first kappa shape index (κ1) is 25.9. The average molecular weight is 572 g/mol. The molecule has 1 saturated heterocycles. The van der Waals surface area contributed by atoms with Gasteiger partial charge in [-0.25, -0.2) is 4.79 Å². The Kier molecular flexibility index (Phi) is 7.76. The lowest BCUT2D eigenvalue weighted by Gasteiger charge is -2.49. The fourth-order valence-electron chi connectivity index (χ4n) is 3.89. The van der Waals surface area contributed by atoms with Crippen LogP contribution in [0.3, 0.4) is 0 Å². The number of carbonyl (C=O) groups is 3. The number of rotatable bonds is 9. The van der Waals surface area contributed by atoms with Crippen molar-refractivity contribution in [2.75, 3.05) is 11.5 Å². The number of amides is 2. The number of pyridine rings is 1. The van der Waals surface area contributed by atoms with Crippen molar-refractivity contribution < 1.29 is 24.3 Å². The van der Waals surface area contributed by atoms with E-state index in [-0.39, 0.29) is 28.5 Å². The lowest BCUT2D eigenvalue weighted by atomic mass is 10.0. The van der Waals surface area contributed by atoms with Crippen LogP contribution in [0.2, 0.25) is 0 Å². The van der Waals surface area contributed by atoms with Crippen molar-refractivity contribution in [3.63, 3.8) is 0 Å². The Morgan fingerprint density at radius 1 is 1.39 bits per heavy atom. The molecule has 38 heavy (non-hydrogen) atoms. The van der Waals surface area contributed by atoms with Crippen LogP contribution in [0.5, 0.6) is 0 Å². The number of allylic oxidation sites excluding steroid dienone is 1. The summed E-state index contributed by atoms with van der Waals surface area (Å²) in [6.07, 6.45) is 10.2. The van der Waals surface area contributed by atoms with Crippen LogP contribution in [0.1, 0.15) is 24.2 Å². The Balaban J connectivity index is 1.30.